The Balaban J connectivity index is 1.26. The Labute approximate surface area is 177 Å². The van der Waals surface area contributed by atoms with E-state index in [4.69, 9.17) is 5.11 Å². The number of carboxylic acid groups (broad SMARTS) is 1. The molecule has 30 heavy (non-hydrogen) atoms. The van der Waals surface area contributed by atoms with Gasteiger partial charge in [0.1, 0.15) is 0 Å². The van der Waals surface area contributed by atoms with Crippen LogP contribution < -0.4 is 4.90 Å². The van der Waals surface area contributed by atoms with Gasteiger partial charge < -0.3 is 14.9 Å². The summed E-state index contributed by atoms with van der Waals surface area (Å²) in [6.07, 6.45) is 2.40. The number of carboxylic acids is 1. The molecule has 0 aliphatic carbocycles. The van der Waals surface area contributed by atoms with Gasteiger partial charge >= 0.3 is 5.97 Å². The van der Waals surface area contributed by atoms with Gasteiger partial charge in [0.15, 0.2) is 5.69 Å². The van der Waals surface area contributed by atoms with Gasteiger partial charge in [0.25, 0.3) is 5.91 Å². The quantitative estimate of drug-likeness (QED) is 0.697. The number of anilines is 1. The first-order valence-electron chi connectivity index (χ1n) is 9.78. The van der Waals surface area contributed by atoms with Crippen LogP contribution in [0.5, 0.6) is 0 Å². The van der Waals surface area contributed by atoms with Gasteiger partial charge in [0, 0.05) is 48.2 Å². The average molecular weight is 420 g/mol. The number of benzene rings is 1. The summed E-state index contributed by atoms with van der Waals surface area (Å²) in [4.78, 5) is 37.6. The molecular formula is C22H20N4O3S. The van der Waals surface area contributed by atoms with Crippen LogP contribution in [0.3, 0.4) is 0 Å². The predicted octanol–water partition coefficient (Wildman–Crippen LogP) is 3.26. The Morgan fingerprint density at radius 1 is 1.10 bits per heavy atom. The van der Waals surface area contributed by atoms with Crippen molar-refractivity contribution in [3.8, 4) is 10.4 Å². The molecule has 152 valence electrons. The molecule has 2 fully saturated rings. The zero-order chi connectivity index (χ0) is 20.7. The number of hydrogen-bond donors (Lipinski definition) is 1. The van der Waals surface area contributed by atoms with Crippen LogP contribution in [0.4, 0.5) is 5.95 Å². The van der Waals surface area contributed by atoms with Crippen LogP contribution in [-0.2, 0) is 0 Å². The summed E-state index contributed by atoms with van der Waals surface area (Å²) in [5.74, 6) is -0.557. The molecule has 3 aromatic rings. The Kier molecular flexibility index (Phi) is 4.51. The second-order valence-corrected chi connectivity index (χ2v) is 8.89. The van der Waals surface area contributed by atoms with Crippen LogP contribution >= 0.6 is 11.3 Å². The van der Waals surface area contributed by atoms with Gasteiger partial charge in [-0.05, 0) is 41.6 Å². The third-order valence-electron chi connectivity index (χ3n) is 5.84. The van der Waals surface area contributed by atoms with Crippen molar-refractivity contribution in [3.05, 3.63) is 65.3 Å². The number of hydrogen-bond acceptors (Lipinski definition) is 6. The normalized spacial score (nSPS) is 17.2. The van der Waals surface area contributed by atoms with E-state index in [1.807, 2.05) is 45.5 Å². The van der Waals surface area contributed by atoms with E-state index in [9.17, 15) is 9.59 Å². The zero-order valence-corrected chi connectivity index (χ0v) is 17.0. The number of aromatic nitrogens is 2. The molecule has 1 amide bonds. The van der Waals surface area contributed by atoms with Crippen LogP contribution in [0.15, 0.2) is 54.0 Å². The van der Waals surface area contributed by atoms with Gasteiger partial charge in [0.05, 0.1) is 0 Å². The minimum atomic E-state index is -1.06. The fourth-order valence-electron chi connectivity index (χ4n) is 4.32. The molecule has 2 aliphatic heterocycles. The monoisotopic (exact) mass is 420 g/mol. The van der Waals surface area contributed by atoms with Crippen LogP contribution in [0.25, 0.3) is 10.4 Å². The van der Waals surface area contributed by atoms with E-state index in [0.29, 0.717) is 18.1 Å². The highest BCUT2D eigenvalue weighted by Gasteiger charge is 2.49. The van der Waals surface area contributed by atoms with Gasteiger partial charge in [-0.3, -0.25) is 4.79 Å². The molecule has 0 atom stereocenters. The maximum atomic E-state index is 13.1. The molecule has 1 N–H and O–H groups in total. The van der Waals surface area contributed by atoms with E-state index >= 15 is 0 Å². The third kappa shape index (κ3) is 3.33. The van der Waals surface area contributed by atoms with Gasteiger partial charge in [-0.15, -0.1) is 11.3 Å². The third-order valence-corrected chi connectivity index (χ3v) is 6.76. The summed E-state index contributed by atoms with van der Waals surface area (Å²) in [6, 6.07) is 13.3. The SMILES string of the molecule is O=C(O)c1ccnc(N2CC3(CCN(C(=O)c4cccc(-c5cccs5)c4)C3)C2)n1. The van der Waals surface area contributed by atoms with E-state index in [-0.39, 0.29) is 17.0 Å². The molecule has 8 heteroatoms. The Morgan fingerprint density at radius 3 is 2.73 bits per heavy atom. The maximum Gasteiger partial charge on any atom is 0.354 e. The molecule has 2 saturated heterocycles. The molecule has 5 rings (SSSR count). The number of nitrogens with zero attached hydrogens (tertiary/aromatic N) is 4. The molecule has 1 aromatic carbocycles. The zero-order valence-electron chi connectivity index (χ0n) is 16.2. The van der Waals surface area contributed by atoms with Crippen molar-refractivity contribution in [3.63, 3.8) is 0 Å². The largest absolute Gasteiger partial charge is 0.477 e. The van der Waals surface area contributed by atoms with Crippen molar-refractivity contribution in [2.45, 2.75) is 6.42 Å². The van der Waals surface area contributed by atoms with Crippen LogP contribution in [0, 0.1) is 5.41 Å². The lowest BCUT2D eigenvalue weighted by molar-refractivity contribution is 0.0688. The van der Waals surface area contributed by atoms with Crippen LogP contribution in [0.2, 0.25) is 0 Å². The lowest BCUT2D eigenvalue weighted by atomic mass is 9.79. The molecule has 0 unspecified atom stereocenters. The topological polar surface area (TPSA) is 86.6 Å². The van der Waals surface area contributed by atoms with E-state index in [0.717, 1.165) is 36.5 Å². The lowest BCUT2D eigenvalue weighted by Gasteiger charge is -2.47. The van der Waals surface area contributed by atoms with Gasteiger partial charge in [-0.1, -0.05) is 18.2 Å². The number of rotatable bonds is 4. The molecule has 1 spiro atoms. The fourth-order valence-corrected chi connectivity index (χ4v) is 5.05. The van der Waals surface area contributed by atoms with E-state index in [2.05, 4.69) is 16.0 Å². The van der Waals surface area contributed by atoms with Crippen molar-refractivity contribution >= 4 is 29.2 Å². The van der Waals surface area contributed by atoms with E-state index in [1.165, 1.54) is 12.3 Å². The lowest BCUT2D eigenvalue weighted by Crippen LogP contribution is -2.58. The highest BCUT2D eigenvalue weighted by atomic mass is 32.1. The van der Waals surface area contributed by atoms with Crippen molar-refractivity contribution in [1.82, 2.24) is 14.9 Å². The number of likely N-dealkylation sites (tertiary alicyclic amines) is 1. The number of carbonyl (C=O) groups is 2. The van der Waals surface area contributed by atoms with Crippen molar-refractivity contribution in [2.75, 3.05) is 31.1 Å². The second-order valence-electron chi connectivity index (χ2n) is 7.94. The molecule has 7 nitrogen and oxygen atoms in total. The number of aromatic carboxylic acids is 1. The summed E-state index contributed by atoms with van der Waals surface area (Å²) in [5, 5.41) is 11.2. The number of amides is 1. The van der Waals surface area contributed by atoms with E-state index < -0.39 is 5.97 Å². The van der Waals surface area contributed by atoms with Crippen molar-refractivity contribution < 1.29 is 14.7 Å². The summed E-state index contributed by atoms with van der Waals surface area (Å²) >= 11 is 1.66. The fraction of sp³-hybridized carbons (Fsp3) is 0.273. The van der Waals surface area contributed by atoms with Crippen LogP contribution in [-0.4, -0.2) is 58.0 Å². The highest BCUT2D eigenvalue weighted by molar-refractivity contribution is 7.13. The Bertz CT molecular complexity index is 1110. The minimum Gasteiger partial charge on any atom is -0.477 e. The first-order valence-corrected chi connectivity index (χ1v) is 10.7. The second kappa shape index (κ2) is 7.21. The molecule has 0 radical (unpaired) electrons. The van der Waals surface area contributed by atoms with Gasteiger partial charge in [-0.25, -0.2) is 14.8 Å². The number of thiophene rings is 1. The highest BCUT2D eigenvalue weighted by Crippen LogP contribution is 2.41. The Morgan fingerprint density at radius 2 is 1.97 bits per heavy atom. The molecule has 0 saturated carbocycles. The average Bonchev–Trinajstić information content (AvgIpc) is 3.43. The Hall–Kier alpha value is -3.26. The number of carbonyl (C=O) groups excluding carboxylic acids is 1. The van der Waals surface area contributed by atoms with Gasteiger partial charge in [0.2, 0.25) is 5.95 Å². The summed E-state index contributed by atoms with van der Waals surface area (Å²) < 4.78 is 0. The van der Waals surface area contributed by atoms with E-state index in [1.54, 1.807) is 11.3 Å². The predicted molar refractivity (Wildman–Crippen MR) is 114 cm³/mol. The molecule has 4 heterocycles. The minimum absolute atomic E-state index is 0.00482. The smallest absolute Gasteiger partial charge is 0.354 e. The van der Waals surface area contributed by atoms with Crippen molar-refractivity contribution in [2.24, 2.45) is 5.41 Å². The first kappa shape index (κ1) is 18.7. The maximum absolute atomic E-state index is 13.1. The van der Waals surface area contributed by atoms with Crippen LogP contribution in [0.1, 0.15) is 27.3 Å². The standard InChI is InChI=1S/C22H20N4O3S/c27-19(16-4-1-3-15(11-16)18-5-2-10-30-18)25-9-7-22(12-25)13-26(14-22)21-23-8-6-17(24-21)20(28)29/h1-6,8,10-11H,7,9,12-14H2,(H,28,29). The summed E-state index contributed by atoms with van der Waals surface area (Å²) in [7, 11) is 0. The molecule has 2 aromatic heterocycles. The first-order chi connectivity index (χ1) is 14.5. The molecule has 0 bridgehead atoms. The summed E-state index contributed by atoms with van der Waals surface area (Å²) in [6.45, 7) is 2.89. The molecular weight excluding hydrogens is 400 g/mol. The molecule has 2 aliphatic rings. The van der Waals surface area contributed by atoms with Gasteiger partial charge in [-0.2, -0.15) is 0 Å². The summed E-state index contributed by atoms with van der Waals surface area (Å²) in [5.41, 5.74) is 1.81. The van der Waals surface area contributed by atoms with Crippen molar-refractivity contribution in [1.29, 1.82) is 0 Å².